The molecule has 0 aliphatic rings. The highest BCUT2D eigenvalue weighted by Gasteiger charge is 2.20. The van der Waals surface area contributed by atoms with E-state index in [1.807, 2.05) is 43.3 Å². The number of primary amides is 1. The average molecular weight is 440 g/mol. The van der Waals surface area contributed by atoms with Crippen molar-refractivity contribution in [2.75, 3.05) is 34.4 Å². The van der Waals surface area contributed by atoms with E-state index in [4.69, 9.17) is 38.4 Å². The van der Waals surface area contributed by atoms with E-state index in [2.05, 4.69) is 5.32 Å². The molecule has 156 valence electrons. The third-order valence-corrected chi connectivity index (χ3v) is 4.82. The Kier molecular flexibility index (Phi) is 8.13. The molecule has 9 heteroatoms. The van der Waals surface area contributed by atoms with Crippen LogP contribution in [0.3, 0.4) is 0 Å². The normalized spacial score (nSPS) is 11.8. The lowest BCUT2D eigenvalue weighted by Gasteiger charge is -2.26. The summed E-state index contributed by atoms with van der Waals surface area (Å²) in [6.07, 6.45) is 0. The maximum absolute atomic E-state index is 12.7. The summed E-state index contributed by atoms with van der Waals surface area (Å²) in [4.78, 5) is 25.6. The number of likely N-dealkylation sites (N-methyl/N-ethyl adjacent to an activating group) is 1. The van der Waals surface area contributed by atoms with Gasteiger partial charge in [-0.15, -0.1) is 0 Å². The second-order valence-electron chi connectivity index (χ2n) is 6.46. The highest BCUT2D eigenvalue weighted by atomic mass is 35.5. The lowest BCUT2D eigenvalue weighted by atomic mass is 10.1. The Hall–Kier alpha value is -2.48. The van der Waals surface area contributed by atoms with Gasteiger partial charge < -0.3 is 25.4 Å². The zero-order chi connectivity index (χ0) is 21.6. The van der Waals surface area contributed by atoms with Crippen LogP contribution in [0.25, 0.3) is 0 Å². The number of hydrogen-bond acceptors (Lipinski definition) is 5. The second kappa shape index (κ2) is 10.3. The molecule has 3 N–H and O–H groups in total. The Balaban J connectivity index is 2.18. The SMILES string of the molecule is COc1cc(C(=O)NC[C@H](c2ccccc2Cl)N(C)C)cc(Cl)c1OCC(N)=O. The summed E-state index contributed by atoms with van der Waals surface area (Å²) >= 11 is 12.5. The van der Waals surface area contributed by atoms with Gasteiger partial charge in [0.1, 0.15) is 0 Å². The van der Waals surface area contributed by atoms with Crippen LogP contribution in [0.4, 0.5) is 0 Å². The third-order valence-electron chi connectivity index (χ3n) is 4.19. The quantitative estimate of drug-likeness (QED) is 0.626. The molecule has 29 heavy (non-hydrogen) atoms. The van der Waals surface area contributed by atoms with Gasteiger partial charge in [-0.1, -0.05) is 41.4 Å². The number of ether oxygens (including phenoxy) is 2. The zero-order valence-electron chi connectivity index (χ0n) is 16.4. The number of carbonyl (C=O) groups is 2. The molecule has 2 rings (SSSR count). The number of halogens is 2. The highest BCUT2D eigenvalue weighted by Crippen LogP contribution is 2.36. The first-order valence-corrected chi connectivity index (χ1v) is 9.47. The number of benzene rings is 2. The van der Waals surface area contributed by atoms with Crippen LogP contribution in [0.5, 0.6) is 11.5 Å². The van der Waals surface area contributed by atoms with E-state index in [-0.39, 0.29) is 40.6 Å². The molecule has 0 radical (unpaired) electrons. The minimum Gasteiger partial charge on any atom is -0.493 e. The number of nitrogens with two attached hydrogens (primary N) is 1. The van der Waals surface area contributed by atoms with Crippen molar-refractivity contribution in [3.05, 3.63) is 57.6 Å². The van der Waals surface area contributed by atoms with E-state index < -0.39 is 5.91 Å². The van der Waals surface area contributed by atoms with Gasteiger partial charge in [-0.2, -0.15) is 0 Å². The fourth-order valence-electron chi connectivity index (χ4n) is 2.74. The van der Waals surface area contributed by atoms with Crippen molar-refractivity contribution >= 4 is 35.0 Å². The molecule has 0 aliphatic heterocycles. The highest BCUT2D eigenvalue weighted by molar-refractivity contribution is 6.32. The van der Waals surface area contributed by atoms with Gasteiger partial charge in [-0.3, -0.25) is 9.59 Å². The molecular weight excluding hydrogens is 417 g/mol. The lowest BCUT2D eigenvalue weighted by Crippen LogP contribution is -2.34. The fourth-order valence-corrected chi connectivity index (χ4v) is 3.27. The first-order valence-electron chi connectivity index (χ1n) is 8.72. The zero-order valence-corrected chi connectivity index (χ0v) is 17.9. The van der Waals surface area contributed by atoms with Crippen molar-refractivity contribution in [3.8, 4) is 11.5 Å². The standard InChI is InChI=1S/C20H23Cl2N3O4/c1-25(2)16(13-6-4-5-7-14(13)21)10-24-20(27)12-8-15(22)19(17(9-12)28-3)29-11-18(23)26/h4-9,16H,10-11H2,1-3H3,(H2,23,26)(H,24,27)/t16-/m1/s1. The Labute approximate surface area is 179 Å². The van der Waals surface area contributed by atoms with Crippen LogP contribution < -0.4 is 20.5 Å². The van der Waals surface area contributed by atoms with Crippen molar-refractivity contribution in [3.63, 3.8) is 0 Å². The monoisotopic (exact) mass is 439 g/mol. The van der Waals surface area contributed by atoms with Crippen LogP contribution in [-0.4, -0.2) is 51.1 Å². The smallest absolute Gasteiger partial charge is 0.255 e. The Bertz CT molecular complexity index is 890. The van der Waals surface area contributed by atoms with Crippen LogP contribution in [0, 0.1) is 0 Å². The van der Waals surface area contributed by atoms with Crippen molar-refractivity contribution < 1.29 is 19.1 Å². The second-order valence-corrected chi connectivity index (χ2v) is 7.27. The van der Waals surface area contributed by atoms with Crippen LogP contribution in [0.15, 0.2) is 36.4 Å². The maximum atomic E-state index is 12.7. The van der Waals surface area contributed by atoms with E-state index in [1.165, 1.54) is 19.2 Å². The van der Waals surface area contributed by atoms with Crippen LogP contribution >= 0.6 is 23.2 Å². The number of methoxy groups -OCH3 is 1. The number of carbonyl (C=O) groups excluding carboxylic acids is 2. The molecule has 0 aromatic heterocycles. The molecule has 0 unspecified atom stereocenters. The minimum absolute atomic E-state index is 0.122. The van der Waals surface area contributed by atoms with Crippen molar-refractivity contribution in [1.82, 2.24) is 10.2 Å². The number of amides is 2. The Morgan fingerprint density at radius 3 is 2.45 bits per heavy atom. The fraction of sp³-hybridized carbons (Fsp3) is 0.300. The van der Waals surface area contributed by atoms with E-state index in [0.29, 0.717) is 11.6 Å². The summed E-state index contributed by atoms with van der Waals surface area (Å²) in [5, 5.41) is 3.64. The first kappa shape index (κ1) is 22.8. The van der Waals surface area contributed by atoms with Gasteiger partial charge in [0.05, 0.1) is 18.2 Å². The number of nitrogens with one attached hydrogen (secondary N) is 1. The number of nitrogens with zero attached hydrogens (tertiary/aromatic N) is 1. The van der Waals surface area contributed by atoms with Gasteiger partial charge in [0, 0.05) is 17.1 Å². The largest absolute Gasteiger partial charge is 0.493 e. The summed E-state index contributed by atoms with van der Waals surface area (Å²) in [7, 11) is 5.22. The van der Waals surface area contributed by atoms with Crippen LogP contribution in [0.1, 0.15) is 22.0 Å². The topological polar surface area (TPSA) is 93.9 Å². The van der Waals surface area contributed by atoms with Crippen LogP contribution in [-0.2, 0) is 4.79 Å². The molecule has 0 spiro atoms. The molecule has 0 heterocycles. The molecule has 0 aliphatic carbocycles. The molecule has 0 saturated carbocycles. The summed E-state index contributed by atoms with van der Waals surface area (Å²) in [6.45, 7) is -0.0284. The van der Waals surface area contributed by atoms with Gasteiger partial charge in [0.25, 0.3) is 11.8 Å². The Morgan fingerprint density at radius 2 is 1.86 bits per heavy atom. The van der Waals surface area contributed by atoms with E-state index >= 15 is 0 Å². The van der Waals surface area contributed by atoms with Gasteiger partial charge in [-0.25, -0.2) is 0 Å². The van der Waals surface area contributed by atoms with Crippen molar-refractivity contribution in [2.24, 2.45) is 5.73 Å². The summed E-state index contributed by atoms with van der Waals surface area (Å²) < 4.78 is 10.5. The lowest BCUT2D eigenvalue weighted by molar-refractivity contribution is -0.119. The molecular formula is C20H23Cl2N3O4. The third kappa shape index (κ3) is 6.00. The molecule has 0 saturated heterocycles. The van der Waals surface area contributed by atoms with E-state index in [0.717, 1.165) is 5.56 Å². The number of rotatable bonds is 9. The molecule has 0 bridgehead atoms. The summed E-state index contributed by atoms with van der Waals surface area (Å²) in [5.41, 5.74) is 6.28. The average Bonchev–Trinajstić information content (AvgIpc) is 2.67. The van der Waals surface area contributed by atoms with Gasteiger partial charge >= 0.3 is 0 Å². The molecule has 2 amide bonds. The van der Waals surface area contributed by atoms with Gasteiger partial charge in [-0.05, 0) is 37.9 Å². The predicted molar refractivity (Wildman–Crippen MR) is 113 cm³/mol. The predicted octanol–water partition coefficient (Wildman–Crippen LogP) is 2.90. The molecule has 7 nitrogen and oxygen atoms in total. The van der Waals surface area contributed by atoms with Crippen molar-refractivity contribution in [1.29, 1.82) is 0 Å². The minimum atomic E-state index is -0.653. The summed E-state index contributed by atoms with van der Waals surface area (Å²) in [6, 6.07) is 10.3. The Morgan fingerprint density at radius 1 is 1.17 bits per heavy atom. The molecule has 2 aromatic carbocycles. The molecule has 1 atom stereocenters. The van der Waals surface area contributed by atoms with Gasteiger partial charge in [0.2, 0.25) is 0 Å². The maximum Gasteiger partial charge on any atom is 0.255 e. The molecule has 2 aromatic rings. The molecule has 0 fully saturated rings. The van der Waals surface area contributed by atoms with E-state index in [9.17, 15) is 9.59 Å². The number of hydrogen-bond donors (Lipinski definition) is 2. The van der Waals surface area contributed by atoms with E-state index in [1.54, 1.807) is 0 Å². The summed E-state index contributed by atoms with van der Waals surface area (Å²) in [5.74, 6) is -0.629. The first-order chi connectivity index (χ1) is 13.7. The van der Waals surface area contributed by atoms with Crippen molar-refractivity contribution in [2.45, 2.75) is 6.04 Å². The van der Waals surface area contributed by atoms with Crippen LogP contribution in [0.2, 0.25) is 10.0 Å². The van der Waals surface area contributed by atoms with Gasteiger partial charge in [0.15, 0.2) is 18.1 Å².